The number of carboxylic acid groups (broad SMARTS) is 1. The van der Waals surface area contributed by atoms with Gasteiger partial charge in [-0.1, -0.05) is 0 Å². The topological polar surface area (TPSA) is 68.1 Å². The number of hydrogen-bond acceptors (Lipinski definition) is 4. The van der Waals surface area contributed by atoms with Crippen LogP contribution in [0.1, 0.15) is 6.42 Å². The van der Waals surface area contributed by atoms with Gasteiger partial charge in [0, 0.05) is 19.0 Å². The van der Waals surface area contributed by atoms with Gasteiger partial charge in [0.2, 0.25) is 0 Å². The van der Waals surface area contributed by atoms with Gasteiger partial charge in [0.25, 0.3) is 0 Å². The average Bonchev–Trinajstić information content (AvgIpc) is 2.91. The number of carbonyl (C=O) groups excluding carboxylic acids is 1. The molecule has 3 rings (SSSR count). The Bertz CT molecular complexity index is 520. The first-order chi connectivity index (χ1) is 8.60. The summed E-state index contributed by atoms with van der Waals surface area (Å²) in [6, 6.07) is 0. The predicted octanol–water partition coefficient (Wildman–Crippen LogP) is -0.0927. The average molecular weight is 246 g/mol. The van der Waals surface area contributed by atoms with E-state index in [1.807, 2.05) is 25.8 Å². The molecule has 0 spiro atoms. The summed E-state index contributed by atoms with van der Waals surface area (Å²) in [7, 11) is 2.03. The van der Waals surface area contributed by atoms with Gasteiger partial charge in [0.1, 0.15) is 18.0 Å². The number of likely N-dealkylation sites (tertiary alicyclic amines) is 1. The molecule has 2 atom stereocenters. The van der Waals surface area contributed by atoms with Crippen molar-refractivity contribution in [2.45, 2.75) is 6.42 Å². The molecule has 0 saturated carbocycles. The molecule has 1 fully saturated rings. The molecule has 0 radical (unpaired) electrons. The number of nitrogens with zero attached hydrogens (tertiary/aromatic N) is 4. The Morgan fingerprint density at radius 1 is 1.61 bits per heavy atom. The van der Waals surface area contributed by atoms with Crippen molar-refractivity contribution in [1.82, 2.24) is 4.90 Å². The van der Waals surface area contributed by atoms with E-state index in [-0.39, 0.29) is 5.92 Å². The fourth-order valence-electron chi connectivity index (χ4n) is 2.62. The van der Waals surface area contributed by atoms with Crippen LogP contribution in [0.15, 0.2) is 33.8 Å². The fraction of sp³-hybridized carbons (Fsp3) is 0.417. The lowest BCUT2D eigenvalue weighted by Gasteiger charge is -2.23. The lowest BCUT2D eigenvalue weighted by atomic mass is 10.0. The first-order valence-corrected chi connectivity index (χ1v) is 5.93. The van der Waals surface area contributed by atoms with Crippen molar-refractivity contribution in [2.24, 2.45) is 15.9 Å². The van der Waals surface area contributed by atoms with Crippen molar-refractivity contribution in [3.8, 4) is 0 Å². The van der Waals surface area contributed by atoms with Gasteiger partial charge in [0.15, 0.2) is 12.0 Å². The number of fused-ring (bicyclic) bond motifs is 1. The maximum Gasteiger partial charge on any atom is 0.200 e. The predicted molar refractivity (Wildman–Crippen MR) is 64.4 cm³/mol. The number of allylic oxidation sites excluding steroid dienone is 1. The van der Waals surface area contributed by atoms with E-state index in [1.54, 1.807) is 6.20 Å². The minimum absolute atomic E-state index is 0.145. The summed E-state index contributed by atoms with van der Waals surface area (Å²) in [6.45, 7) is 0.992. The van der Waals surface area contributed by atoms with Crippen molar-refractivity contribution < 1.29 is 14.4 Å². The van der Waals surface area contributed by atoms with Gasteiger partial charge in [-0.2, -0.15) is 0 Å². The van der Waals surface area contributed by atoms with Crippen LogP contribution in [0, 0.1) is 5.92 Å². The molecular weight excluding hydrogens is 232 g/mol. The molecule has 0 N–H and O–H groups in total. The van der Waals surface area contributed by atoms with Gasteiger partial charge in [0.05, 0.1) is 19.5 Å². The highest BCUT2D eigenvalue weighted by atomic mass is 16.4. The molecule has 0 bridgehead atoms. The molecule has 3 aliphatic heterocycles. The van der Waals surface area contributed by atoms with E-state index in [9.17, 15) is 9.90 Å². The molecule has 3 aliphatic rings. The van der Waals surface area contributed by atoms with Crippen LogP contribution in [-0.2, 0) is 0 Å². The maximum atomic E-state index is 10.8. The Balaban J connectivity index is 1.88. The summed E-state index contributed by atoms with van der Waals surface area (Å²) >= 11 is 0. The lowest BCUT2D eigenvalue weighted by molar-refractivity contribution is -0.706. The number of quaternary nitrogens is 1. The van der Waals surface area contributed by atoms with Crippen molar-refractivity contribution in [3.05, 3.63) is 23.8 Å². The molecule has 3 heterocycles. The van der Waals surface area contributed by atoms with Crippen LogP contribution in [0.2, 0.25) is 0 Å². The third kappa shape index (κ3) is 1.57. The maximum absolute atomic E-state index is 10.8. The van der Waals surface area contributed by atoms with E-state index in [4.69, 9.17) is 0 Å². The standard InChI is InChI=1S/C12H14N4O2/c1-16-5-3-13-6-10(16)11(14-8-16)9-2-4-15(7-9)12(17)18/h3,5-6,8-9H,2,4,7H2,1H3. The highest BCUT2D eigenvalue weighted by Gasteiger charge is 2.38. The number of aliphatic imine (C=N–C) groups is 2. The van der Waals surface area contributed by atoms with Crippen LogP contribution in [0.5, 0.6) is 0 Å². The zero-order valence-corrected chi connectivity index (χ0v) is 10.1. The Labute approximate surface area is 105 Å². The molecule has 0 aromatic carbocycles. The molecule has 18 heavy (non-hydrogen) atoms. The summed E-state index contributed by atoms with van der Waals surface area (Å²) in [4.78, 5) is 20.8. The Morgan fingerprint density at radius 2 is 2.44 bits per heavy atom. The quantitative estimate of drug-likeness (QED) is 0.607. The number of carbonyl (C=O) groups is 1. The lowest BCUT2D eigenvalue weighted by Crippen LogP contribution is -2.39. The van der Waals surface area contributed by atoms with Gasteiger partial charge in [-0.25, -0.2) is 9.48 Å². The highest BCUT2D eigenvalue weighted by Crippen LogP contribution is 2.34. The molecular formula is C12H14N4O2. The van der Waals surface area contributed by atoms with Crippen molar-refractivity contribution in [1.29, 1.82) is 0 Å². The highest BCUT2D eigenvalue weighted by molar-refractivity contribution is 5.83. The monoisotopic (exact) mass is 246 g/mol. The van der Waals surface area contributed by atoms with Gasteiger partial charge in [-0.3, -0.25) is 4.99 Å². The second kappa shape index (κ2) is 3.78. The third-order valence-corrected chi connectivity index (χ3v) is 3.71. The van der Waals surface area contributed by atoms with Crippen LogP contribution < -0.4 is 5.11 Å². The molecule has 94 valence electrons. The summed E-state index contributed by atoms with van der Waals surface area (Å²) in [5.74, 6) is 0.145. The van der Waals surface area contributed by atoms with E-state index in [2.05, 4.69) is 9.98 Å². The number of amides is 1. The van der Waals surface area contributed by atoms with E-state index in [0.717, 1.165) is 17.8 Å². The number of hydrogen-bond donors (Lipinski definition) is 0. The van der Waals surface area contributed by atoms with Crippen molar-refractivity contribution in [3.63, 3.8) is 0 Å². The van der Waals surface area contributed by atoms with Gasteiger partial charge in [-0.15, -0.1) is 0 Å². The van der Waals surface area contributed by atoms with Crippen LogP contribution in [0.3, 0.4) is 0 Å². The molecule has 0 aromatic rings. The first-order valence-electron chi connectivity index (χ1n) is 5.93. The van der Waals surface area contributed by atoms with E-state index < -0.39 is 6.09 Å². The van der Waals surface area contributed by atoms with Gasteiger partial charge >= 0.3 is 0 Å². The second-order valence-corrected chi connectivity index (χ2v) is 4.94. The minimum atomic E-state index is -1.10. The Kier molecular flexibility index (Phi) is 2.34. The minimum Gasteiger partial charge on any atom is -0.530 e. The number of rotatable bonds is 1. The largest absolute Gasteiger partial charge is 0.530 e. The second-order valence-electron chi connectivity index (χ2n) is 4.94. The molecule has 1 amide bonds. The first kappa shape index (κ1) is 11.2. The van der Waals surface area contributed by atoms with Crippen molar-refractivity contribution >= 4 is 18.6 Å². The van der Waals surface area contributed by atoms with Gasteiger partial charge in [-0.05, 0) is 6.42 Å². The van der Waals surface area contributed by atoms with E-state index in [0.29, 0.717) is 17.6 Å². The third-order valence-electron chi connectivity index (χ3n) is 3.71. The smallest absolute Gasteiger partial charge is 0.200 e. The molecule has 6 nitrogen and oxygen atoms in total. The summed E-state index contributed by atoms with van der Waals surface area (Å²) in [6.07, 6.45) is 7.07. The van der Waals surface area contributed by atoms with Crippen LogP contribution in [-0.4, -0.2) is 48.2 Å². The van der Waals surface area contributed by atoms with Crippen molar-refractivity contribution in [2.75, 3.05) is 20.1 Å². The van der Waals surface area contributed by atoms with Crippen LogP contribution in [0.25, 0.3) is 0 Å². The van der Waals surface area contributed by atoms with E-state index >= 15 is 0 Å². The van der Waals surface area contributed by atoms with E-state index in [1.165, 1.54) is 4.90 Å². The fourth-order valence-corrected chi connectivity index (χ4v) is 2.62. The molecule has 1 saturated heterocycles. The van der Waals surface area contributed by atoms with Crippen LogP contribution in [0.4, 0.5) is 4.79 Å². The summed E-state index contributed by atoms with van der Waals surface area (Å²) < 4.78 is 0.515. The molecule has 6 heteroatoms. The molecule has 2 unspecified atom stereocenters. The SMILES string of the molecule is C[N+]12C=CN=CC1=C(C1CCN(C(=O)[O-])C1)N=C2. The Hall–Kier alpha value is -1.95. The molecule has 0 aromatic heterocycles. The Morgan fingerprint density at radius 3 is 3.17 bits per heavy atom. The zero-order valence-electron chi connectivity index (χ0n) is 10.1. The van der Waals surface area contributed by atoms with Crippen LogP contribution >= 0.6 is 0 Å². The van der Waals surface area contributed by atoms with Gasteiger partial charge < -0.3 is 14.8 Å². The molecule has 0 aliphatic carbocycles. The summed E-state index contributed by atoms with van der Waals surface area (Å²) in [5, 5.41) is 10.8. The normalized spacial score (nSPS) is 33.4. The summed E-state index contributed by atoms with van der Waals surface area (Å²) in [5.41, 5.74) is 1.98. The zero-order chi connectivity index (χ0) is 12.8.